The first-order chi connectivity index (χ1) is 8.90. The van der Waals surface area contributed by atoms with E-state index < -0.39 is 0 Å². The molecule has 1 aromatic rings. The molecule has 0 heterocycles. The Morgan fingerprint density at radius 1 is 1.37 bits per heavy atom. The van der Waals surface area contributed by atoms with Gasteiger partial charge >= 0.3 is 5.97 Å². The van der Waals surface area contributed by atoms with Crippen LogP contribution in [-0.4, -0.2) is 13.1 Å². The zero-order valence-electron chi connectivity index (χ0n) is 11.7. The predicted molar refractivity (Wildman–Crippen MR) is 75.3 cm³/mol. The van der Waals surface area contributed by atoms with Gasteiger partial charge in [-0.3, -0.25) is 4.79 Å². The number of benzene rings is 1. The van der Waals surface area contributed by atoms with Crippen LogP contribution >= 0.6 is 0 Å². The van der Waals surface area contributed by atoms with Crippen LogP contribution in [0.4, 0.5) is 0 Å². The van der Waals surface area contributed by atoms with Crippen LogP contribution in [-0.2, 0) is 10.2 Å². The van der Waals surface area contributed by atoms with Crippen molar-refractivity contribution in [2.45, 2.75) is 26.2 Å². The van der Waals surface area contributed by atoms with Gasteiger partial charge in [-0.1, -0.05) is 24.5 Å². The van der Waals surface area contributed by atoms with Crippen LogP contribution in [0.15, 0.2) is 30.9 Å². The van der Waals surface area contributed by atoms with Crippen molar-refractivity contribution in [1.82, 2.24) is 0 Å². The first-order valence-electron chi connectivity index (χ1n) is 5.91. The van der Waals surface area contributed by atoms with Gasteiger partial charge in [-0.05, 0) is 37.6 Å². The Hall–Kier alpha value is -2.21. The molecule has 0 aliphatic rings. The fourth-order valence-corrected chi connectivity index (χ4v) is 1.60. The number of carbonyl (C=O) groups is 1. The first kappa shape index (κ1) is 14.8. The number of esters is 1. The summed E-state index contributed by atoms with van der Waals surface area (Å²) >= 11 is 0. The highest BCUT2D eigenvalue weighted by molar-refractivity contribution is 5.70. The van der Waals surface area contributed by atoms with Crippen molar-refractivity contribution in [1.29, 1.82) is 0 Å². The Labute approximate surface area is 114 Å². The molecule has 100 valence electrons. The van der Waals surface area contributed by atoms with Gasteiger partial charge in [0.15, 0.2) is 11.5 Å². The normalized spacial score (nSPS) is 10.1. The minimum absolute atomic E-state index is 0.337. The van der Waals surface area contributed by atoms with Crippen molar-refractivity contribution >= 4 is 5.97 Å². The Balaban J connectivity index is 3.19. The highest BCUT2D eigenvalue weighted by atomic mass is 16.6. The van der Waals surface area contributed by atoms with Gasteiger partial charge in [0.05, 0.1) is 12.5 Å². The molecule has 0 aliphatic carbocycles. The van der Waals surface area contributed by atoms with E-state index in [0.29, 0.717) is 11.5 Å². The maximum Gasteiger partial charge on any atom is 0.308 e. The highest BCUT2D eigenvalue weighted by Gasteiger charge is 2.20. The molecule has 0 saturated heterocycles. The van der Waals surface area contributed by atoms with Gasteiger partial charge in [-0.25, -0.2) is 0 Å². The summed E-state index contributed by atoms with van der Waals surface area (Å²) in [5, 5.41) is 0. The molecule has 0 fully saturated rings. The van der Waals surface area contributed by atoms with Crippen molar-refractivity contribution in [3.63, 3.8) is 0 Å². The molecule has 0 radical (unpaired) electrons. The Morgan fingerprint density at radius 3 is 2.58 bits per heavy atom. The quantitative estimate of drug-likeness (QED) is 0.475. The average molecular weight is 258 g/mol. The molecule has 3 nitrogen and oxygen atoms in total. The minimum atomic E-state index is -0.378. The third kappa shape index (κ3) is 3.89. The van der Waals surface area contributed by atoms with Crippen LogP contribution in [0.3, 0.4) is 0 Å². The zero-order chi connectivity index (χ0) is 14.5. The fourth-order valence-electron chi connectivity index (χ4n) is 1.60. The summed E-state index contributed by atoms with van der Waals surface area (Å²) in [6, 6.07) is 5.42. The molecule has 0 atom stereocenters. The van der Waals surface area contributed by atoms with Crippen molar-refractivity contribution < 1.29 is 14.3 Å². The molecule has 0 bridgehead atoms. The second kappa shape index (κ2) is 6.10. The maximum atomic E-state index is 11.0. The fraction of sp³-hybridized carbons (Fsp3) is 0.312. The molecule has 1 rings (SSSR count). The van der Waals surface area contributed by atoms with Crippen LogP contribution in [0, 0.1) is 11.8 Å². The number of hydrogen-bond donors (Lipinski definition) is 0. The van der Waals surface area contributed by atoms with Gasteiger partial charge in [0.25, 0.3) is 0 Å². The molecule has 0 aromatic heterocycles. The number of carbonyl (C=O) groups excluding carboxylic acids is 1. The third-order valence-corrected chi connectivity index (χ3v) is 2.63. The number of allylic oxidation sites excluding steroid dienone is 1. The average Bonchev–Trinajstić information content (AvgIpc) is 2.36. The first-order valence-corrected chi connectivity index (χ1v) is 5.91. The maximum absolute atomic E-state index is 11.0. The third-order valence-electron chi connectivity index (χ3n) is 2.63. The molecule has 19 heavy (non-hydrogen) atoms. The smallest absolute Gasteiger partial charge is 0.308 e. The van der Waals surface area contributed by atoms with Gasteiger partial charge < -0.3 is 9.47 Å². The molecule has 0 saturated carbocycles. The number of hydrogen-bond acceptors (Lipinski definition) is 3. The predicted octanol–water partition coefficient (Wildman–Crippen LogP) is 3.09. The number of methoxy groups -OCH3 is 1. The van der Waals surface area contributed by atoms with E-state index in [0.717, 1.165) is 5.56 Å². The highest BCUT2D eigenvalue weighted by Crippen LogP contribution is 2.33. The minimum Gasteiger partial charge on any atom is -0.493 e. The summed E-state index contributed by atoms with van der Waals surface area (Å²) in [7, 11) is 1.54. The summed E-state index contributed by atoms with van der Waals surface area (Å²) in [5.74, 6) is 6.51. The topological polar surface area (TPSA) is 35.5 Å². The van der Waals surface area contributed by atoms with E-state index >= 15 is 0 Å². The lowest BCUT2D eigenvalue weighted by Gasteiger charge is -2.20. The lowest BCUT2D eigenvalue weighted by atomic mass is 9.85. The molecule has 0 amide bonds. The zero-order valence-corrected chi connectivity index (χ0v) is 11.7. The lowest BCUT2D eigenvalue weighted by molar-refractivity contribution is -0.132. The van der Waals surface area contributed by atoms with E-state index in [1.54, 1.807) is 12.1 Å². The summed E-state index contributed by atoms with van der Waals surface area (Å²) < 4.78 is 10.3. The second-order valence-electron chi connectivity index (χ2n) is 4.56. The van der Waals surface area contributed by atoms with Gasteiger partial charge in [0, 0.05) is 6.92 Å². The standard InChI is InChI=1S/C16H18O3/c1-6-7-10-16(3,4)13-8-9-14(19-12(2)17)15(11-13)18-5/h6,8-9,11H,1H2,2-5H3. The van der Waals surface area contributed by atoms with E-state index in [9.17, 15) is 4.79 Å². The van der Waals surface area contributed by atoms with Gasteiger partial charge in [0.2, 0.25) is 0 Å². The van der Waals surface area contributed by atoms with E-state index in [2.05, 4.69) is 18.4 Å². The van der Waals surface area contributed by atoms with Crippen LogP contribution in [0.2, 0.25) is 0 Å². The molecule has 1 aromatic carbocycles. The van der Waals surface area contributed by atoms with Gasteiger partial charge in [-0.2, -0.15) is 0 Å². The molecule has 0 aliphatic heterocycles. The molecule has 0 spiro atoms. The van der Waals surface area contributed by atoms with Crippen LogP contribution in [0.5, 0.6) is 11.5 Å². The molecule has 3 heteroatoms. The summed E-state index contributed by atoms with van der Waals surface area (Å²) in [4.78, 5) is 11.0. The largest absolute Gasteiger partial charge is 0.493 e. The van der Waals surface area contributed by atoms with Crippen molar-refractivity contribution in [3.05, 3.63) is 36.4 Å². The molecular weight excluding hydrogens is 240 g/mol. The van der Waals surface area contributed by atoms with Crippen LogP contribution in [0.25, 0.3) is 0 Å². The van der Waals surface area contributed by atoms with Crippen molar-refractivity contribution in [2.24, 2.45) is 0 Å². The van der Waals surface area contributed by atoms with Crippen molar-refractivity contribution in [2.75, 3.05) is 7.11 Å². The van der Waals surface area contributed by atoms with Crippen molar-refractivity contribution in [3.8, 4) is 23.3 Å². The molecule has 0 N–H and O–H groups in total. The Morgan fingerprint density at radius 2 is 2.05 bits per heavy atom. The van der Waals surface area contributed by atoms with Crippen LogP contribution in [0.1, 0.15) is 26.3 Å². The van der Waals surface area contributed by atoms with E-state index in [1.807, 2.05) is 26.0 Å². The lowest BCUT2D eigenvalue weighted by Crippen LogP contribution is -2.14. The van der Waals surface area contributed by atoms with Gasteiger partial charge in [0.1, 0.15) is 0 Å². The number of ether oxygens (including phenoxy) is 2. The van der Waals surface area contributed by atoms with Crippen LogP contribution < -0.4 is 9.47 Å². The monoisotopic (exact) mass is 258 g/mol. The van der Waals surface area contributed by atoms with E-state index in [4.69, 9.17) is 9.47 Å². The molecular formula is C16H18O3. The van der Waals surface area contributed by atoms with E-state index in [1.165, 1.54) is 14.0 Å². The summed E-state index contributed by atoms with van der Waals surface area (Å²) in [6.07, 6.45) is 1.56. The SMILES string of the molecule is C=CC#CC(C)(C)c1ccc(OC(C)=O)c(OC)c1. The number of rotatable bonds is 3. The Kier molecular flexibility index (Phi) is 4.77. The Bertz CT molecular complexity index is 545. The van der Waals surface area contributed by atoms with E-state index in [-0.39, 0.29) is 11.4 Å². The summed E-state index contributed by atoms with van der Waals surface area (Å²) in [6.45, 7) is 8.94. The summed E-state index contributed by atoms with van der Waals surface area (Å²) in [5.41, 5.74) is 0.644. The molecule has 0 unspecified atom stereocenters. The second-order valence-corrected chi connectivity index (χ2v) is 4.56. The van der Waals surface area contributed by atoms with Gasteiger partial charge in [-0.15, -0.1) is 0 Å².